The fraction of sp³-hybridized carbons (Fsp3) is 0.250. The second-order valence-electron chi connectivity index (χ2n) is 6.59. The molecule has 6 nitrogen and oxygen atoms in total. The monoisotopic (exact) mass is 367 g/mol. The highest BCUT2D eigenvalue weighted by Crippen LogP contribution is 2.24. The summed E-state index contributed by atoms with van der Waals surface area (Å²) in [6.07, 6.45) is 0.663. The third-order valence-electron chi connectivity index (χ3n) is 4.27. The van der Waals surface area contributed by atoms with Crippen LogP contribution in [0.5, 0.6) is 0 Å². The summed E-state index contributed by atoms with van der Waals surface area (Å²) in [4.78, 5) is 18.0. The van der Waals surface area contributed by atoms with Crippen molar-refractivity contribution in [1.82, 2.24) is 19.7 Å². The lowest BCUT2D eigenvalue weighted by atomic mass is 10.0. The second kappa shape index (κ2) is 8.09. The van der Waals surface area contributed by atoms with Gasteiger partial charge in [-0.15, -0.1) is 0 Å². The average Bonchev–Trinajstić information content (AvgIpc) is 3.03. The van der Waals surface area contributed by atoms with Crippen molar-refractivity contribution >= 4 is 5.91 Å². The highest BCUT2D eigenvalue weighted by Gasteiger charge is 2.24. The van der Waals surface area contributed by atoms with E-state index in [-0.39, 0.29) is 18.3 Å². The number of likely N-dealkylation sites (N-methyl/N-ethyl adjacent to an activating group) is 1. The molecule has 1 amide bonds. The predicted molar refractivity (Wildman–Crippen MR) is 101 cm³/mol. The summed E-state index contributed by atoms with van der Waals surface area (Å²) in [5, 5.41) is 4.45. The minimum atomic E-state index is -0.498. The number of benzene rings is 2. The summed E-state index contributed by atoms with van der Waals surface area (Å²) >= 11 is 0. The van der Waals surface area contributed by atoms with Gasteiger partial charge in [-0.25, -0.2) is 14.1 Å². The molecule has 1 atom stereocenters. The Kier molecular flexibility index (Phi) is 5.61. The van der Waals surface area contributed by atoms with Crippen LogP contribution in [0.4, 0.5) is 4.39 Å². The largest absolute Gasteiger partial charge is 0.369 e. The van der Waals surface area contributed by atoms with Crippen LogP contribution in [0.3, 0.4) is 0 Å². The number of amides is 1. The lowest BCUT2D eigenvalue weighted by Crippen LogP contribution is -2.25. The van der Waals surface area contributed by atoms with Crippen molar-refractivity contribution in [1.29, 1.82) is 0 Å². The SMILES string of the molecule is CN(C)[C@@H](Cc1ccccc1)c1nc(CC(N)=O)nn1-c1ccc(F)cc1. The van der Waals surface area contributed by atoms with E-state index >= 15 is 0 Å². The van der Waals surface area contributed by atoms with Gasteiger partial charge in [-0.1, -0.05) is 30.3 Å². The number of hydrogen-bond donors (Lipinski definition) is 1. The fourth-order valence-corrected chi connectivity index (χ4v) is 2.93. The molecule has 3 rings (SSSR count). The lowest BCUT2D eigenvalue weighted by Gasteiger charge is -2.24. The number of rotatable bonds is 7. The Morgan fingerprint density at radius 1 is 1.15 bits per heavy atom. The van der Waals surface area contributed by atoms with Crippen LogP contribution in [0.15, 0.2) is 54.6 Å². The van der Waals surface area contributed by atoms with Crippen LogP contribution in [0.25, 0.3) is 5.69 Å². The molecule has 140 valence electrons. The molecule has 0 radical (unpaired) electrons. The molecule has 2 aromatic carbocycles. The first-order chi connectivity index (χ1) is 12.9. The first kappa shape index (κ1) is 18.7. The minimum absolute atomic E-state index is 0.0489. The molecule has 0 unspecified atom stereocenters. The van der Waals surface area contributed by atoms with E-state index in [4.69, 9.17) is 5.73 Å². The topological polar surface area (TPSA) is 77.0 Å². The Balaban J connectivity index is 2.05. The van der Waals surface area contributed by atoms with Gasteiger partial charge in [0.05, 0.1) is 18.2 Å². The molecule has 0 aliphatic heterocycles. The van der Waals surface area contributed by atoms with Gasteiger partial charge in [-0.2, -0.15) is 5.10 Å². The standard InChI is InChI=1S/C20H22FN5O/c1-25(2)17(12-14-6-4-3-5-7-14)20-23-19(13-18(22)27)24-26(20)16-10-8-15(21)9-11-16/h3-11,17H,12-13H2,1-2H3,(H2,22,27)/t17-/m0/s1. The van der Waals surface area contributed by atoms with Gasteiger partial charge >= 0.3 is 0 Å². The molecule has 3 aromatic rings. The van der Waals surface area contributed by atoms with Crippen molar-refractivity contribution < 1.29 is 9.18 Å². The van der Waals surface area contributed by atoms with Crippen molar-refractivity contribution in [3.63, 3.8) is 0 Å². The zero-order valence-corrected chi connectivity index (χ0v) is 15.3. The maximum Gasteiger partial charge on any atom is 0.225 e. The van der Waals surface area contributed by atoms with E-state index in [9.17, 15) is 9.18 Å². The van der Waals surface area contributed by atoms with Crippen LogP contribution in [-0.2, 0) is 17.6 Å². The van der Waals surface area contributed by atoms with Gasteiger partial charge in [0, 0.05) is 0 Å². The number of nitrogens with zero attached hydrogens (tertiary/aromatic N) is 4. The van der Waals surface area contributed by atoms with E-state index in [1.165, 1.54) is 12.1 Å². The number of hydrogen-bond acceptors (Lipinski definition) is 4. The van der Waals surface area contributed by atoms with Crippen molar-refractivity contribution in [2.24, 2.45) is 5.73 Å². The molecule has 0 saturated heterocycles. The van der Waals surface area contributed by atoms with Crippen LogP contribution < -0.4 is 5.73 Å². The van der Waals surface area contributed by atoms with E-state index in [0.717, 1.165) is 5.56 Å². The molecular weight excluding hydrogens is 345 g/mol. The molecule has 0 bridgehead atoms. The quantitative estimate of drug-likeness (QED) is 0.695. The fourth-order valence-electron chi connectivity index (χ4n) is 2.93. The summed E-state index contributed by atoms with van der Waals surface area (Å²) in [6, 6.07) is 16.0. The number of primary amides is 1. The molecule has 7 heteroatoms. The molecule has 0 spiro atoms. The average molecular weight is 367 g/mol. The first-order valence-corrected chi connectivity index (χ1v) is 8.64. The van der Waals surface area contributed by atoms with Crippen molar-refractivity contribution in [2.45, 2.75) is 18.9 Å². The van der Waals surface area contributed by atoms with Gasteiger partial charge in [-0.05, 0) is 50.3 Å². The number of aromatic nitrogens is 3. The number of nitrogens with two attached hydrogens (primary N) is 1. The van der Waals surface area contributed by atoms with Gasteiger partial charge in [0.25, 0.3) is 0 Å². The van der Waals surface area contributed by atoms with Gasteiger partial charge in [-0.3, -0.25) is 9.69 Å². The molecule has 1 heterocycles. The van der Waals surface area contributed by atoms with Crippen molar-refractivity contribution in [3.8, 4) is 5.69 Å². The molecule has 0 fully saturated rings. The summed E-state index contributed by atoms with van der Waals surface area (Å²) in [7, 11) is 3.93. The first-order valence-electron chi connectivity index (χ1n) is 8.64. The van der Waals surface area contributed by atoms with Crippen molar-refractivity contribution in [3.05, 3.63) is 77.6 Å². The van der Waals surface area contributed by atoms with Crippen LogP contribution in [-0.4, -0.2) is 39.7 Å². The molecule has 1 aromatic heterocycles. The highest BCUT2D eigenvalue weighted by molar-refractivity contribution is 5.75. The van der Waals surface area contributed by atoms with Crippen molar-refractivity contribution in [2.75, 3.05) is 14.1 Å². The normalized spacial score (nSPS) is 12.3. The Morgan fingerprint density at radius 2 is 1.81 bits per heavy atom. The van der Waals surface area contributed by atoms with Gasteiger partial charge in [0.2, 0.25) is 5.91 Å². The molecule has 27 heavy (non-hydrogen) atoms. The predicted octanol–water partition coefficient (Wildman–Crippen LogP) is 2.28. The van der Waals surface area contributed by atoms with Gasteiger partial charge in [0.15, 0.2) is 5.82 Å². The van der Waals surface area contributed by atoms with E-state index < -0.39 is 5.91 Å². The number of carbonyl (C=O) groups is 1. The van der Waals surface area contributed by atoms with Crippen LogP contribution in [0.2, 0.25) is 0 Å². The van der Waals surface area contributed by atoms with E-state index in [2.05, 4.69) is 22.2 Å². The minimum Gasteiger partial charge on any atom is -0.369 e. The Bertz CT molecular complexity index is 906. The Hall–Kier alpha value is -3.06. The summed E-state index contributed by atoms with van der Waals surface area (Å²) in [6.45, 7) is 0. The molecule has 2 N–H and O–H groups in total. The summed E-state index contributed by atoms with van der Waals surface area (Å²) in [5.41, 5.74) is 7.14. The molecule has 0 aliphatic carbocycles. The van der Waals surface area contributed by atoms with Crippen LogP contribution >= 0.6 is 0 Å². The van der Waals surface area contributed by atoms with Gasteiger partial charge < -0.3 is 5.73 Å². The summed E-state index contributed by atoms with van der Waals surface area (Å²) < 4.78 is 15.0. The second-order valence-corrected chi connectivity index (χ2v) is 6.59. The van der Waals surface area contributed by atoms with Gasteiger partial charge in [0.1, 0.15) is 11.6 Å². The maximum atomic E-state index is 13.3. The van der Waals surface area contributed by atoms with E-state index in [0.29, 0.717) is 23.8 Å². The smallest absolute Gasteiger partial charge is 0.225 e. The number of carbonyl (C=O) groups excluding carboxylic acids is 1. The highest BCUT2D eigenvalue weighted by atomic mass is 19.1. The van der Waals surface area contributed by atoms with Crippen LogP contribution in [0.1, 0.15) is 23.3 Å². The Labute approximate surface area is 157 Å². The summed E-state index contributed by atoms with van der Waals surface area (Å²) in [5.74, 6) is 0.196. The van der Waals surface area contributed by atoms with E-state index in [1.807, 2.05) is 37.2 Å². The number of halogens is 1. The third-order valence-corrected chi connectivity index (χ3v) is 4.27. The maximum absolute atomic E-state index is 13.3. The molecule has 0 aliphatic rings. The zero-order valence-electron chi connectivity index (χ0n) is 15.3. The molecule has 0 saturated carbocycles. The lowest BCUT2D eigenvalue weighted by molar-refractivity contribution is -0.117. The van der Waals surface area contributed by atoms with Crippen LogP contribution in [0, 0.1) is 5.82 Å². The zero-order chi connectivity index (χ0) is 19.4. The van der Waals surface area contributed by atoms with E-state index in [1.54, 1.807) is 16.8 Å². The third kappa shape index (κ3) is 4.57. The Morgan fingerprint density at radius 3 is 2.41 bits per heavy atom. The molecular formula is C20H22FN5O.